The quantitative estimate of drug-likeness (QED) is 0.885. The number of fused-ring (bicyclic) bond motifs is 2. The largest absolute Gasteiger partial charge is 0.393 e. The van der Waals surface area contributed by atoms with E-state index in [1.165, 1.54) is 24.1 Å². The van der Waals surface area contributed by atoms with Gasteiger partial charge in [-0.25, -0.2) is 0 Å². The first-order chi connectivity index (χ1) is 9.69. The van der Waals surface area contributed by atoms with Crippen LogP contribution in [0.15, 0.2) is 22.7 Å². The van der Waals surface area contributed by atoms with Crippen LogP contribution in [0.4, 0.5) is 5.69 Å². The van der Waals surface area contributed by atoms with Gasteiger partial charge in [0.25, 0.3) is 0 Å². The third kappa shape index (κ3) is 2.74. The molecule has 4 heteroatoms. The number of halogens is 1. The normalized spacial score (nSPS) is 28.9. The highest BCUT2D eigenvalue weighted by Crippen LogP contribution is 2.41. The van der Waals surface area contributed by atoms with Gasteiger partial charge in [-0.15, -0.1) is 0 Å². The molecule has 2 saturated heterocycles. The average Bonchev–Trinajstić information content (AvgIpc) is 2.68. The van der Waals surface area contributed by atoms with Gasteiger partial charge >= 0.3 is 0 Å². The third-order valence-electron chi connectivity index (χ3n) is 4.59. The van der Waals surface area contributed by atoms with E-state index in [0.717, 1.165) is 30.4 Å². The van der Waals surface area contributed by atoms with Gasteiger partial charge in [-0.05, 0) is 56.0 Å². The second kappa shape index (κ2) is 6.04. The van der Waals surface area contributed by atoms with E-state index in [2.05, 4.69) is 51.3 Å². The topological polar surface area (TPSA) is 35.5 Å². The summed E-state index contributed by atoms with van der Waals surface area (Å²) in [6.45, 7) is 4.03. The first kappa shape index (κ1) is 14.4. The molecule has 2 atom stereocenters. The molecule has 0 amide bonds. The molecule has 2 fully saturated rings. The van der Waals surface area contributed by atoms with Gasteiger partial charge in [0.05, 0.1) is 6.10 Å². The highest BCUT2D eigenvalue weighted by atomic mass is 79.9. The van der Waals surface area contributed by atoms with Crippen LogP contribution in [0.3, 0.4) is 0 Å². The molecule has 0 saturated carbocycles. The fourth-order valence-electron chi connectivity index (χ4n) is 3.75. The Kier molecular flexibility index (Phi) is 4.34. The lowest BCUT2D eigenvalue weighted by atomic mass is 9.98. The molecule has 0 radical (unpaired) electrons. The van der Waals surface area contributed by atoms with E-state index >= 15 is 0 Å². The van der Waals surface area contributed by atoms with E-state index in [4.69, 9.17) is 0 Å². The first-order valence-corrected chi connectivity index (χ1v) is 8.44. The number of nitrogens with zero attached hydrogens (tertiary/aromatic N) is 1. The minimum absolute atomic E-state index is 0.101. The van der Waals surface area contributed by atoms with Gasteiger partial charge in [0.15, 0.2) is 0 Å². The Morgan fingerprint density at radius 2 is 2.00 bits per heavy atom. The molecule has 2 heterocycles. The number of hydrogen-bond acceptors (Lipinski definition) is 3. The molecule has 2 unspecified atom stereocenters. The number of aliphatic hydroxyl groups is 1. The summed E-state index contributed by atoms with van der Waals surface area (Å²) >= 11 is 3.58. The number of rotatable bonds is 4. The van der Waals surface area contributed by atoms with Gasteiger partial charge < -0.3 is 15.3 Å². The van der Waals surface area contributed by atoms with Crippen molar-refractivity contribution >= 4 is 21.6 Å². The Balaban J connectivity index is 1.90. The molecule has 0 aliphatic carbocycles. The monoisotopic (exact) mass is 338 g/mol. The van der Waals surface area contributed by atoms with E-state index in [0.29, 0.717) is 12.1 Å². The van der Waals surface area contributed by atoms with Gasteiger partial charge in [-0.3, -0.25) is 0 Å². The van der Waals surface area contributed by atoms with Crippen LogP contribution in [-0.2, 0) is 6.54 Å². The summed E-state index contributed by atoms with van der Waals surface area (Å²) in [4.78, 5) is 2.58. The van der Waals surface area contributed by atoms with Crippen molar-refractivity contribution in [3.05, 3.63) is 28.2 Å². The van der Waals surface area contributed by atoms with E-state index in [1.54, 1.807) is 0 Å². The Hall–Kier alpha value is -0.580. The molecule has 1 aromatic carbocycles. The summed E-state index contributed by atoms with van der Waals surface area (Å²) in [7, 11) is 0. The SMILES string of the molecule is CCNCc1cc(Br)ccc1N1C2CCC1CC(O)C2. The molecule has 2 N–H and O–H groups in total. The Labute approximate surface area is 129 Å². The highest BCUT2D eigenvalue weighted by molar-refractivity contribution is 9.10. The van der Waals surface area contributed by atoms with Gasteiger partial charge in [-0.2, -0.15) is 0 Å². The van der Waals surface area contributed by atoms with Crippen LogP contribution in [0.5, 0.6) is 0 Å². The Morgan fingerprint density at radius 3 is 2.65 bits per heavy atom. The maximum atomic E-state index is 9.96. The lowest BCUT2D eigenvalue weighted by Crippen LogP contribution is -2.45. The number of benzene rings is 1. The van der Waals surface area contributed by atoms with Gasteiger partial charge in [0, 0.05) is 28.8 Å². The Morgan fingerprint density at radius 1 is 1.30 bits per heavy atom. The lowest BCUT2D eigenvalue weighted by molar-refractivity contribution is 0.126. The molecule has 2 aliphatic heterocycles. The standard InChI is InChI=1S/C16H23BrN2O/c1-2-18-10-11-7-12(17)3-6-16(11)19-13-4-5-14(19)9-15(20)8-13/h3,6-7,13-15,18,20H,2,4-5,8-10H2,1H3. The fourth-order valence-corrected chi connectivity index (χ4v) is 4.16. The van der Waals surface area contributed by atoms with Crippen LogP contribution in [0.2, 0.25) is 0 Å². The number of hydrogen-bond donors (Lipinski definition) is 2. The molecule has 3 rings (SSSR count). The van der Waals surface area contributed by atoms with Crippen molar-refractivity contribution in [1.29, 1.82) is 0 Å². The van der Waals surface area contributed by atoms with Crippen molar-refractivity contribution in [1.82, 2.24) is 5.32 Å². The summed E-state index contributed by atoms with van der Waals surface area (Å²) in [6.07, 6.45) is 4.19. The molecule has 110 valence electrons. The van der Waals surface area contributed by atoms with E-state index in [-0.39, 0.29) is 6.10 Å². The molecule has 0 aromatic heterocycles. The van der Waals surface area contributed by atoms with Crippen LogP contribution >= 0.6 is 15.9 Å². The van der Waals surface area contributed by atoms with Crippen molar-refractivity contribution in [2.24, 2.45) is 0 Å². The van der Waals surface area contributed by atoms with Gasteiger partial charge in [0.2, 0.25) is 0 Å². The van der Waals surface area contributed by atoms with Crippen LogP contribution in [0, 0.1) is 0 Å². The predicted octanol–water partition coefficient (Wildman–Crippen LogP) is 3.05. The van der Waals surface area contributed by atoms with Crippen LogP contribution in [-0.4, -0.2) is 29.8 Å². The van der Waals surface area contributed by atoms with Crippen molar-refractivity contribution in [3.63, 3.8) is 0 Å². The zero-order chi connectivity index (χ0) is 14.1. The molecule has 1 aromatic rings. The number of aliphatic hydroxyl groups excluding tert-OH is 1. The highest BCUT2D eigenvalue weighted by Gasteiger charge is 2.40. The predicted molar refractivity (Wildman–Crippen MR) is 86.1 cm³/mol. The first-order valence-electron chi connectivity index (χ1n) is 7.64. The van der Waals surface area contributed by atoms with Crippen molar-refractivity contribution in [2.45, 2.75) is 57.3 Å². The van der Waals surface area contributed by atoms with Crippen LogP contribution < -0.4 is 10.2 Å². The minimum atomic E-state index is -0.101. The molecule has 3 nitrogen and oxygen atoms in total. The van der Waals surface area contributed by atoms with E-state index in [1.807, 2.05) is 0 Å². The maximum absolute atomic E-state index is 9.96. The summed E-state index contributed by atoms with van der Waals surface area (Å²) < 4.78 is 1.14. The summed E-state index contributed by atoms with van der Waals surface area (Å²) in [5.74, 6) is 0. The van der Waals surface area contributed by atoms with Gasteiger partial charge in [0.1, 0.15) is 0 Å². The van der Waals surface area contributed by atoms with Gasteiger partial charge in [-0.1, -0.05) is 22.9 Å². The average molecular weight is 339 g/mol. The summed E-state index contributed by atoms with van der Waals surface area (Å²) in [6, 6.07) is 7.63. The summed E-state index contributed by atoms with van der Waals surface area (Å²) in [5, 5.41) is 13.4. The van der Waals surface area contributed by atoms with E-state index in [9.17, 15) is 5.11 Å². The third-order valence-corrected chi connectivity index (χ3v) is 5.09. The van der Waals surface area contributed by atoms with E-state index < -0.39 is 0 Å². The number of nitrogens with one attached hydrogen (secondary N) is 1. The summed E-state index contributed by atoms with van der Waals surface area (Å²) in [5.41, 5.74) is 2.71. The lowest BCUT2D eigenvalue weighted by Gasteiger charge is -2.40. The van der Waals surface area contributed by atoms with Crippen LogP contribution in [0.1, 0.15) is 38.2 Å². The smallest absolute Gasteiger partial charge is 0.0579 e. The number of piperidine rings is 1. The molecule has 2 bridgehead atoms. The molecule has 20 heavy (non-hydrogen) atoms. The zero-order valence-electron chi connectivity index (χ0n) is 12.0. The minimum Gasteiger partial charge on any atom is -0.393 e. The molecular formula is C16H23BrN2O. The maximum Gasteiger partial charge on any atom is 0.0579 e. The zero-order valence-corrected chi connectivity index (χ0v) is 13.6. The number of anilines is 1. The second-order valence-corrected chi connectivity index (χ2v) is 6.89. The second-order valence-electron chi connectivity index (χ2n) is 5.97. The van der Waals surface area contributed by atoms with Crippen molar-refractivity contribution < 1.29 is 5.11 Å². The Bertz CT molecular complexity index is 466. The van der Waals surface area contributed by atoms with Crippen molar-refractivity contribution in [2.75, 3.05) is 11.4 Å². The van der Waals surface area contributed by atoms with Crippen molar-refractivity contribution in [3.8, 4) is 0 Å². The van der Waals surface area contributed by atoms with Crippen LogP contribution in [0.25, 0.3) is 0 Å². The molecular weight excluding hydrogens is 316 g/mol. The molecule has 2 aliphatic rings. The fraction of sp³-hybridized carbons (Fsp3) is 0.625. The molecule has 0 spiro atoms.